The predicted octanol–water partition coefficient (Wildman–Crippen LogP) is 2.78. The number of hydrogen-bond donors (Lipinski definition) is 2. The van der Waals surface area contributed by atoms with Crippen LogP contribution in [0.25, 0.3) is 0 Å². The normalized spacial score (nSPS) is 15.4. The summed E-state index contributed by atoms with van der Waals surface area (Å²) >= 11 is 0. The lowest BCUT2D eigenvalue weighted by molar-refractivity contribution is -0.120. The zero-order valence-electron chi connectivity index (χ0n) is 19.8. The Labute approximate surface area is 192 Å². The van der Waals surface area contributed by atoms with E-state index in [4.69, 9.17) is 0 Å². The van der Waals surface area contributed by atoms with Gasteiger partial charge in [0.2, 0.25) is 5.91 Å². The highest BCUT2D eigenvalue weighted by Crippen LogP contribution is 2.22. The van der Waals surface area contributed by atoms with Crippen LogP contribution in [0, 0.1) is 0 Å². The molecule has 1 saturated heterocycles. The number of carbonyl (C=O) groups excluding carboxylic acids is 2. The molecule has 6 nitrogen and oxygen atoms in total. The molecular formula is C26H36N4O2. The minimum atomic E-state index is -0.241. The summed E-state index contributed by atoms with van der Waals surface area (Å²) in [6.45, 7) is 12.1. The molecule has 2 aromatic carbocycles. The van der Waals surface area contributed by atoms with Crippen molar-refractivity contribution in [3.8, 4) is 0 Å². The third-order valence-corrected chi connectivity index (χ3v) is 5.91. The Morgan fingerprint density at radius 3 is 2.22 bits per heavy atom. The van der Waals surface area contributed by atoms with Gasteiger partial charge in [0.25, 0.3) is 5.91 Å². The van der Waals surface area contributed by atoms with E-state index >= 15 is 0 Å². The first kappa shape index (κ1) is 24.0. The van der Waals surface area contributed by atoms with Gasteiger partial charge in [0.05, 0.1) is 6.54 Å². The lowest BCUT2D eigenvalue weighted by Crippen LogP contribution is -2.43. The van der Waals surface area contributed by atoms with E-state index < -0.39 is 0 Å². The maximum absolute atomic E-state index is 12.3. The molecule has 0 unspecified atom stereocenters. The van der Waals surface area contributed by atoms with E-state index in [1.807, 2.05) is 24.3 Å². The van der Waals surface area contributed by atoms with Gasteiger partial charge < -0.3 is 15.5 Å². The first-order chi connectivity index (χ1) is 15.2. The fourth-order valence-corrected chi connectivity index (χ4v) is 3.75. The summed E-state index contributed by atoms with van der Waals surface area (Å²) in [6, 6.07) is 15.9. The van der Waals surface area contributed by atoms with E-state index in [1.54, 1.807) is 12.1 Å². The zero-order valence-corrected chi connectivity index (χ0v) is 19.8. The van der Waals surface area contributed by atoms with Crippen LogP contribution in [0.1, 0.15) is 47.8 Å². The van der Waals surface area contributed by atoms with Gasteiger partial charge in [0, 0.05) is 44.8 Å². The second-order valence-electron chi connectivity index (χ2n) is 9.69. The molecule has 0 aromatic heterocycles. The Bertz CT molecular complexity index is 910. The van der Waals surface area contributed by atoms with Gasteiger partial charge in [-0.15, -0.1) is 0 Å². The molecule has 3 rings (SSSR count). The molecule has 0 atom stereocenters. The van der Waals surface area contributed by atoms with E-state index in [2.05, 4.69) is 60.4 Å². The Morgan fingerprint density at radius 2 is 1.56 bits per heavy atom. The van der Waals surface area contributed by atoms with Crippen molar-refractivity contribution in [3.63, 3.8) is 0 Å². The molecule has 1 aliphatic rings. The molecule has 2 amide bonds. The topological polar surface area (TPSA) is 64.7 Å². The van der Waals surface area contributed by atoms with Gasteiger partial charge in [-0.05, 0) is 41.3 Å². The van der Waals surface area contributed by atoms with Crippen LogP contribution in [0.5, 0.6) is 0 Å². The molecule has 1 fully saturated rings. The number of nitrogens with zero attached hydrogens (tertiary/aromatic N) is 2. The van der Waals surface area contributed by atoms with Crippen molar-refractivity contribution in [3.05, 3.63) is 70.8 Å². The highest BCUT2D eigenvalue weighted by Gasteiger charge is 2.15. The van der Waals surface area contributed by atoms with E-state index in [1.165, 1.54) is 11.1 Å². The van der Waals surface area contributed by atoms with Crippen LogP contribution < -0.4 is 10.6 Å². The van der Waals surface area contributed by atoms with Crippen LogP contribution in [0.15, 0.2) is 48.5 Å². The Hall–Kier alpha value is -2.70. The van der Waals surface area contributed by atoms with Crippen molar-refractivity contribution in [1.82, 2.24) is 20.4 Å². The van der Waals surface area contributed by atoms with Crippen LogP contribution in [0.3, 0.4) is 0 Å². The maximum atomic E-state index is 12.3. The lowest BCUT2D eigenvalue weighted by Gasteiger charge is -2.32. The molecule has 2 aromatic rings. The predicted molar refractivity (Wildman–Crippen MR) is 129 cm³/mol. The fraction of sp³-hybridized carbons (Fsp3) is 0.462. The van der Waals surface area contributed by atoms with Crippen molar-refractivity contribution < 1.29 is 9.59 Å². The van der Waals surface area contributed by atoms with Crippen LogP contribution in [0.2, 0.25) is 0 Å². The second kappa shape index (κ2) is 10.7. The molecule has 0 bridgehead atoms. The molecular weight excluding hydrogens is 400 g/mol. The van der Waals surface area contributed by atoms with Crippen molar-refractivity contribution in [2.45, 2.75) is 39.3 Å². The van der Waals surface area contributed by atoms with Crippen molar-refractivity contribution in [2.24, 2.45) is 0 Å². The summed E-state index contributed by atoms with van der Waals surface area (Å²) in [4.78, 5) is 29.4. The summed E-state index contributed by atoms with van der Waals surface area (Å²) in [5, 5.41) is 5.60. The van der Waals surface area contributed by atoms with Crippen molar-refractivity contribution >= 4 is 11.8 Å². The van der Waals surface area contributed by atoms with Gasteiger partial charge in [-0.25, -0.2) is 0 Å². The number of carbonyl (C=O) groups is 2. The minimum absolute atomic E-state index is 0.0384. The van der Waals surface area contributed by atoms with Crippen molar-refractivity contribution in [1.29, 1.82) is 0 Å². The Balaban J connectivity index is 1.43. The highest BCUT2D eigenvalue weighted by molar-refractivity contribution is 5.96. The van der Waals surface area contributed by atoms with Gasteiger partial charge in [0.15, 0.2) is 0 Å². The molecule has 0 saturated carbocycles. The van der Waals surface area contributed by atoms with Gasteiger partial charge in [0.1, 0.15) is 0 Å². The number of hydrogen-bond acceptors (Lipinski definition) is 4. The minimum Gasteiger partial charge on any atom is -0.350 e. The first-order valence-electron chi connectivity index (χ1n) is 11.3. The zero-order chi connectivity index (χ0) is 23.1. The number of piperazine rings is 1. The molecule has 1 aliphatic heterocycles. The lowest BCUT2D eigenvalue weighted by atomic mass is 9.87. The number of rotatable bonds is 7. The highest BCUT2D eigenvalue weighted by atomic mass is 16.2. The van der Waals surface area contributed by atoms with Gasteiger partial charge in [-0.1, -0.05) is 57.2 Å². The van der Waals surface area contributed by atoms with Crippen LogP contribution in [-0.4, -0.2) is 61.4 Å². The standard InChI is InChI=1S/C26H36N4O2/c1-26(2,3)23-10-8-22(9-11-23)25(32)28-18-24(31)27-17-20-6-5-7-21(16-20)19-30-14-12-29(4)13-15-30/h5-11,16H,12-15,17-19H2,1-4H3,(H,27,31)(H,28,32). The van der Waals surface area contributed by atoms with Gasteiger partial charge >= 0.3 is 0 Å². The average Bonchev–Trinajstić information content (AvgIpc) is 2.77. The number of nitrogens with one attached hydrogen (secondary N) is 2. The second-order valence-corrected chi connectivity index (χ2v) is 9.69. The molecule has 6 heteroatoms. The third-order valence-electron chi connectivity index (χ3n) is 5.91. The summed E-state index contributed by atoms with van der Waals surface area (Å²) < 4.78 is 0. The third kappa shape index (κ3) is 7.18. The van der Waals surface area contributed by atoms with Gasteiger partial charge in [-0.2, -0.15) is 0 Å². The molecule has 0 aliphatic carbocycles. The summed E-state index contributed by atoms with van der Waals surface area (Å²) in [6.07, 6.45) is 0. The van der Waals surface area contributed by atoms with Gasteiger partial charge in [-0.3, -0.25) is 14.5 Å². The monoisotopic (exact) mass is 436 g/mol. The number of likely N-dealkylation sites (N-methyl/N-ethyl adjacent to an activating group) is 1. The molecule has 32 heavy (non-hydrogen) atoms. The van der Waals surface area contributed by atoms with Crippen molar-refractivity contribution in [2.75, 3.05) is 39.8 Å². The Kier molecular flexibility index (Phi) is 8.04. The van der Waals surface area contributed by atoms with E-state index in [9.17, 15) is 9.59 Å². The quantitative estimate of drug-likeness (QED) is 0.701. The van der Waals surface area contributed by atoms with Crippen LogP contribution >= 0.6 is 0 Å². The molecule has 0 radical (unpaired) electrons. The maximum Gasteiger partial charge on any atom is 0.251 e. The first-order valence-corrected chi connectivity index (χ1v) is 11.3. The summed E-state index contributed by atoms with van der Waals surface area (Å²) in [5.41, 5.74) is 4.09. The molecule has 1 heterocycles. The Morgan fingerprint density at radius 1 is 0.906 bits per heavy atom. The SMILES string of the molecule is CN1CCN(Cc2cccc(CNC(=O)CNC(=O)c3ccc(C(C)(C)C)cc3)c2)CC1. The summed E-state index contributed by atoms with van der Waals surface area (Å²) in [7, 11) is 2.16. The van der Waals surface area contributed by atoms with Crippen LogP contribution in [0.4, 0.5) is 0 Å². The fourth-order valence-electron chi connectivity index (χ4n) is 3.75. The van der Waals surface area contributed by atoms with E-state index in [0.29, 0.717) is 12.1 Å². The summed E-state index contributed by atoms with van der Waals surface area (Å²) in [5.74, 6) is -0.441. The molecule has 172 valence electrons. The van der Waals surface area contributed by atoms with E-state index in [-0.39, 0.29) is 23.8 Å². The number of amides is 2. The average molecular weight is 437 g/mol. The van der Waals surface area contributed by atoms with Crippen LogP contribution in [-0.2, 0) is 23.3 Å². The molecule has 0 spiro atoms. The molecule has 2 N–H and O–H groups in total. The smallest absolute Gasteiger partial charge is 0.251 e. The van der Waals surface area contributed by atoms with E-state index in [0.717, 1.165) is 38.3 Å². The largest absolute Gasteiger partial charge is 0.350 e. The number of benzene rings is 2.